The zero-order chi connectivity index (χ0) is 11.8. The Labute approximate surface area is 83.9 Å². The van der Waals surface area contributed by atoms with Crippen LogP contribution < -0.4 is 11.5 Å². The van der Waals surface area contributed by atoms with Gasteiger partial charge in [0, 0.05) is 11.3 Å². The van der Waals surface area contributed by atoms with E-state index in [1.807, 2.05) is 0 Å². The quantitative estimate of drug-likeness (QED) is 0.565. The first-order chi connectivity index (χ1) is 6.73. The Hall–Kier alpha value is -1.30. The van der Waals surface area contributed by atoms with Crippen LogP contribution in [0.3, 0.4) is 0 Å². The Bertz CT molecular complexity index is 373. The van der Waals surface area contributed by atoms with Crippen LogP contribution in [0.4, 0.5) is 23.2 Å². The molecule has 0 radical (unpaired) electrons. The zero-order valence-electron chi connectivity index (χ0n) is 7.90. The summed E-state index contributed by atoms with van der Waals surface area (Å²) in [6.45, 7) is 1.49. The molecule has 0 heterocycles. The molecule has 0 aromatic heterocycles. The number of nitrogen functional groups attached to an aromatic ring is 1. The molecule has 2 nitrogen and oxygen atoms in total. The van der Waals surface area contributed by atoms with Crippen molar-refractivity contribution < 1.29 is 17.6 Å². The Morgan fingerprint density at radius 3 is 2.27 bits per heavy atom. The predicted molar refractivity (Wildman–Crippen MR) is 48.5 cm³/mol. The van der Waals surface area contributed by atoms with E-state index >= 15 is 0 Å². The molecule has 6 heteroatoms. The monoisotopic (exact) mass is 222 g/mol. The van der Waals surface area contributed by atoms with Crippen molar-refractivity contribution in [3.63, 3.8) is 0 Å². The van der Waals surface area contributed by atoms with E-state index in [1.165, 1.54) is 6.92 Å². The molecule has 0 spiro atoms. The highest BCUT2D eigenvalue weighted by Gasteiger charge is 2.39. The molecule has 84 valence electrons. The number of halogens is 4. The standard InChI is InChI=1S/C9H10F4N2/c1-4-2-5(6(10)3-7(4)14)8(15)9(11,12)13/h2-3,8H,14-15H2,1H3/t8-/m1/s1. The van der Waals surface area contributed by atoms with E-state index in [9.17, 15) is 17.6 Å². The summed E-state index contributed by atoms with van der Waals surface area (Å²) in [6, 6.07) is -0.462. The maximum atomic E-state index is 13.2. The van der Waals surface area contributed by atoms with Crippen LogP contribution in [0.15, 0.2) is 12.1 Å². The lowest BCUT2D eigenvalue weighted by atomic mass is 10.0. The largest absolute Gasteiger partial charge is 0.407 e. The first-order valence-electron chi connectivity index (χ1n) is 4.11. The fourth-order valence-corrected chi connectivity index (χ4v) is 1.13. The van der Waals surface area contributed by atoms with Gasteiger partial charge in [-0.15, -0.1) is 0 Å². The summed E-state index contributed by atoms with van der Waals surface area (Å²) in [5, 5.41) is 0. The van der Waals surface area contributed by atoms with Gasteiger partial charge in [-0.25, -0.2) is 4.39 Å². The van der Waals surface area contributed by atoms with Gasteiger partial charge >= 0.3 is 6.18 Å². The van der Waals surface area contributed by atoms with Crippen LogP contribution >= 0.6 is 0 Å². The number of anilines is 1. The van der Waals surface area contributed by atoms with Gasteiger partial charge in [0.25, 0.3) is 0 Å². The second-order valence-electron chi connectivity index (χ2n) is 3.25. The fraction of sp³-hybridized carbons (Fsp3) is 0.333. The van der Waals surface area contributed by atoms with E-state index in [1.54, 1.807) is 0 Å². The molecule has 15 heavy (non-hydrogen) atoms. The highest BCUT2D eigenvalue weighted by molar-refractivity contribution is 5.49. The maximum Gasteiger partial charge on any atom is 0.407 e. The van der Waals surface area contributed by atoms with Gasteiger partial charge in [0.05, 0.1) is 0 Å². The minimum Gasteiger partial charge on any atom is -0.398 e. The van der Waals surface area contributed by atoms with Gasteiger partial charge in [0.15, 0.2) is 0 Å². The summed E-state index contributed by atoms with van der Waals surface area (Å²) in [6.07, 6.45) is -4.66. The van der Waals surface area contributed by atoms with Crippen molar-refractivity contribution in [1.29, 1.82) is 0 Å². The lowest BCUT2D eigenvalue weighted by Crippen LogP contribution is -2.29. The lowest BCUT2D eigenvalue weighted by Gasteiger charge is -2.17. The van der Waals surface area contributed by atoms with Crippen LogP contribution in [0.1, 0.15) is 17.2 Å². The molecule has 1 aromatic carbocycles. The molecule has 0 bridgehead atoms. The lowest BCUT2D eigenvalue weighted by molar-refractivity contribution is -0.149. The van der Waals surface area contributed by atoms with E-state index in [4.69, 9.17) is 11.5 Å². The van der Waals surface area contributed by atoms with Crippen LogP contribution in [0.5, 0.6) is 0 Å². The Kier molecular flexibility index (Phi) is 2.90. The normalized spacial score (nSPS) is 14.0. The summed E-state index contributed by atoms with van der Waals surface area (Å²) in [4.78, 5) is 0. The van der Waals surface area contributed by atoms with Gasteiger partial charge in [0.1, 0.15) is 11.9 Å². The number of benzene rings is 1. The smallest absolute Gasteiger partial charge is 0.398 e. The fourth-order valence-electron chi connectivity index (χ4n) is 1.13. The maximum absolute atomic E-state index is 13.2. The number of hydrogen-bond acceptors (Lipinski definition) is 2. The zero-order valence-corrected chi connectivity index (χ0v) is 7.90. The summed E-state index contributed by atoms with van der Waals surface area (Å²) in [5.41, 5.74) is 10.1. The molecule has 1 atom stereocenters. The third-order valence-electron chi connectivity index (χ3n) is 2.07. The molecule has 1 aromatic rings. The van der Waals surface area contributed by atoms with E-state index in [0.717, 1.165) is 12.1 Å². The number of rotatable bonds is 1. The highest BCUT2D eigenvalue weighted by atomic mass is 19.4. The molecule has 0 saturated heterocycles. The third-order valence-corrected chi connectivity index (χ3v) is 2.07. The molecule has 0 unspecified atom stereocenters. The van der Waals surface area contributed by atoms with Crippen molar-refractivity contribution in [3.8, 4) is 0 Å². The second-order valence-corrected chi connectivity index (χ2v) is 3.25. The Balaban J connectivity index is 3.21. The van der Waals surface area contributed by atoms with Gasteiger partial charge < -0.3 is 11.5 Å². The van der Waals surface area contributed by atoms with Crippen molar-refractivity contribution in [2.45, 2.75) is 19.1 Å². The molecule has 0 fully saturated rings. The summed E-state index contributed by atoms with van der Waals surface area (Å²) in [5.74, 6) is -1.04. The van der Waals surface area contributed by atoms with E-state index < -0.39 is 23.6 Å². The molecule has 1 rings (SSSR count). The van der Waals surface area contributed by atoms with Crippen LogP contribution in [0.25, 0.3) is 0 Å². The highest BCUT2D eigenvalue weighted by Crippen LogP contribution is 2.33. The van der Waals surface area contributed by atoms with E-state index in [0.29, 0.717) is 5.56 Å². The number of alkyl halides is 3. The molecule has 0 saturated carbocycles. The Morgan fingerprint density at radius 1 is 1.27 bits per heavy atom. The number of aryl methyl sites for hydroxylation is 1. The van der Waals surface area contributed by atoms with Crippen LogP contribution in [0.2, 0.25) is 0 Å². The van der Waals surface area contributed by atoms with E-state index in [-0.39, 0.29) is 5.69 Å². The average molecular weight is 222 g/mol. The minimum atomic E-state index is -4.66. The topological polar surface area (TPSA) is 52.0 Å². The number of hydrogen-bond donors (Lipinski definition) is 2. The van der Waals surface area contributed by atoms with Gasteiger partial charge in [-0.2, -0.15) is 13.2 Å². The van der Waals surface area contributed by atoms with Crippen LogP contribution in [0, 0.1) is 12.7 Å². The van der Waals surface area contributed by atoms with Crippen LogP contribution in [-0.2, 0) is 0 Å². The van der Waals surface area contributed by atoms with Crippen molar-refractivity contribution in [2.75, 3.05) is 5.73 Å². The van der Waals surface area contributed by atoms with Gasteiger partial charge in [-0.3, -0.25) is 0 Å². The molecule has 4 N–H and O–H groups in total. The van der Waals surface area contributed by atoms with Gasteiger partial charge in [-0.05, 0) is 24.6 Å². The summed E-state index contributed by atoms with van der Waals surface area (Å²) >= 11 is 0. The summed E-state index contributed by atoms with van der Waals surface area (Å²) < 4.78 is 49.8. The van der Waals surface area contributed by atoms with Crippen molar-refractivity contribution in [2.24, 2.45) is 5.73 Å². The first kappa shape index (κ1) is 11.8. The van der Waals surface area contributed by atoms with Crippen molar-refractivity contribution in [3.05, 3.63) is 29.1 Å². The third kappa shape index (κ3) is 2.38. The molecule has 0 aliphatic heterocycles. The van der Waals surface area contributed by atoms with Gasteiger partial charge in [0.2, 0.25) is 0 Å². The van der Waals surface area contributed by atoms with E-state index in [2.05, 4.69) is 0 Å². The molecule has 0 amide bonds. The Morgan fingerprint density at radius 2 is 1.80 bits per heavy atom. The van der Waals surface area contributed by atoms with Crippen molar-refractivity contribution >= 4 is 5.69 Å². The first-order valence-corrected chi connectivity index (χ1v) is 4.11. The predicted octanol–water partition coefficient (Wildman–Crippen LogP) is 2.28. The average Bonchev–Trinajstić information content (AvgIpc) is 2.08. The second kappa shape index (κ2) is 3.69. The van der Waals surface area contributed by atoms with Gasteiger partial charge in [-0.1, -0.05) is 0 Å². The molecule has 0 aliphatic carbocycles. The molecular weight excluding hydrogens is 212 g/mol. The van der Waals surface area contributed by atoms with Crippen molar-refractivity contribution in [1.82, 2.24) is 0 Å². The summed E-state index contributed by atoms with van der Waals surface area (Å²) in [7, 11) is 0. The molecular formula is C9H10F4N2. The minimum absolute atomic E-state index is 0.102. The van der Waals surface area contributed by atoms with Crippen LogP contribution in [-0.4, -0.2) is 6.18 Å². The number of nitrogens with two attached hydrogens (primary N) is 2. The molecule has 0 aliphatic rings. The SMILES string of the molecule is Cc1cc([C@@H](N)C(F)(F)F)c(F)cc1N.